The van der Waals surface area contributed by atoms with Gasteiger partial charge in [0.05, 0.1) is 24.0 Å². The number of thiocarbonyl (C=S) groups is 1. The van der Waals surface area contributed by atoms with Gasteiger partial charge in [0, 0.05) is 0 Å². The van der Waals surface area contributed by atoms with Gasteiger partial charge in [-0.1, -0.05) is 42.5 Å². The van der Waals surface area contributed by atoms with Gasteiger partial charge >= 0.3 is 12.0 Å². The summed E-state index contributed by atoms with van der Waals surface area (Å²) in [6.45, 7) is 1.85. The van der Waals surface area contributed by atoms with Gasteiger partial charge in [-0.05, 0) is 30.7 Å². The molecule has 2 amide bonds. The van der Waals surface area contributed by atoms with Crippen LogP contribution in [0.15, 0.2) is 48.5 Å². The molecule has 0 aromatic heterocycles. The number of aryl methyl sites for hydroxylation is 1. The summed E-state index contributed by atoms with van der Waals surface area (Å²) in [6, 6.07) is 13.3. The monoisotopic (exact) mass is 353 g/mol. The molecule has 1 heterocycles. The largest absolute Gasteiger partial charge is 0.465 e. The van der Waals surface area contributed by atoms with Crippen molar-refractivity contribution in [2.45, 2.75) is 6.92 Å². The highest BCUT2D eigenvalue weighted by Crippen LogP contribution is 2.31. The number of hydrogen-bond donors (Lipinski definition) is 1. The molecule has 0 saturated carbocycles. The number of carbonyl (C=O) groups excluding carboxylic acids is 2. The van der Waals surface area contributed by atoms with E-state index < -0.39 is 12.0 Å². The lowest BCUT2D eigenvalue weighted by Gasteiger charge is -2.20. The van der Waals surface area contributed by atoms with E-state index in [1.807, 2.05) is 19.1 Å². The van der Waals surface area contributed by atoms with Crippen LogP contribution in [0, 0.1) is 12.3 Å². The van der Waals surface area contributed by atoms with Gasteiger partial charge in [-0.25, -0.2) is 19.4 Å². The van der Waals surface area contributed by atoms with Crippen molar-refractivity contribution < 1.29 is 14.3 Å². The van der Waals surface area contributed by atoms with Crippen LogP contribution in [0.3, 0.4) is 0 Å². The smallest absolute Gasteiger partial charge is 0.340 e. The normalized spacial score (nSPS) is 14.2. The number of hydrogen-bond acceptors (Lipinski definition) is 5. The SMILES string of the molecule is COC(=O)c1ccccc1N1C(=O)N(c2ccccc2C)C(=N)C1=S. The maximum atomic E-state index is 13.0. The van der Waals surface area contributed by atoms with Crippen LogP contribution in [0.4, 0.5) is 16.2 Å². The molecule has 0 spiro atoms. The number of amidine groups is 1. The minimum absolute atomic E-state index is 0.0320. The molecule has 0 atom stereocenters. The van der Waals surface area contributed by atoms with Crippen LogP contribution in [0.25, 0.3) is 0 Å². The van der Waals surface area contributed by atoms with Crippen molar-refractivity contribution in [3.8, 4) is 0 Å². The molecule has 0 radical (unpaired) electrons. The number of amides is 2. The molecule has 1 N–H and O–H groups in total. The highest BCUT2D eigenvalue weighted by Gasteiger charge is 2.42. The van der Waals surface area contributed by atoms with Crippen LogP contribution >= 0.6 is 12.2 Å². The first-order valence-electron chi connectivity index (χ1n) is 7.47. The number of anilines is 2. The molecule has 0 bridgehead atoms. The van der Waals surface area contributed by atoms with Gasteiger partial charge in [-0.3, -0.25) is 5.41 Å². The number of methoxy groups -OCH3 is 1. The highest BCUT2D eigenvalue weighted by molar-refractivity contribution is 7.82. The number of rotatable bonds is 3. The van der Waals surface area contributed by atoms with Gasteiger partial charge in [0.1, 0.15) is 0 Å². The summed E-state index contributed by atoms with van der Waals surface area (Å²) in [4.78, 5) is 27.5. The number of ether oxygens (including phenoxy) is 1. The van der Waals surface area contributed by atoms with Crippen LogP contribution < -0.4 is 9.80 Å². The van der Waals surface area contributed by atoms with Gasteiger partial charge in [-0.2, -0.15) is 0 Å². The highest BCUT2D eigenvalue weighted by atomic mass is 32.1. The van der Waals surface area contributed by atoms with Gasteiger partial charge < -0.3 is 4.74 Å². The zero-order valence-corrected chi connectivity index (χ0v) is 14.5. The van der Waals surface area contributed by atoms with Crippen molar-refractivity contribution in [2.75, 3.05) is 16.9 Å². The van der Waals surface area contributed by atoms with E-state index in [2.05, 4.69) is 0 Å². The van der Waals surface area contributed by atoms with E-state index in [1.54, 1.807) is 36.4 Å². The molecule has 1 aliphatic heterocycles. The standard InChI is InChI=1S/C18H15N3O3S/c1-11-7-3-5-9-13(11)20-15(19)16(25)21(18(20)23)14-10-6-4-8-12(14)17(22)24-2/h3-10,19H,1-2H3. The van der Waals surface area contributed by atoms with Crippen LogP contribution in [0.5, 0.6) is 0 Å². The number of carbonyl (C=O) groups is 2. The summed E-state index contributed by atoms with van der Waals surface area (Å²) in [5, 5.41) is 8.28. The molecule has 0 unspecified atom stereocenters. The lowest BCUT2D eigenvalue weighted by atomic mass is 10.1. The van der Waals surface area contributed by atoms with E-state index in [0.717, 1.165) is 5.56 Å². The third kappa shape index (κ3) is 2.68. The molecule has 2 aromatic rings. The number of esters is 1. The molecule has 25 heavy (non-hydrogen) atoms. The van der Waals surface area contributed by atoms with Gasteiger partial charge in [0.25, 0.3) is 0 Å². The van der Waals surface area contributed by atoms with Crippen LogP contribution in [-0.4, -0.2) is 29.9 Å². The predicted octanol–water partition coefficient (Wildman–Crippen LogP) is 3.53. The summed E-state index contributed by atoms with van der Waals surface area (Å²) in [6.07, 6.45) is 0. The van der Waals surface area contributed by atoms with E-state index in [-0.39, 0.29) is 16.4 Å². The fraction of sp³-hybridized carbons (Fsp3) is 0.111. The Labute approximate surface area is 150 Å². The second kappa shape index (κ2) is 6.45. The minimum Gasteiger partial charge on any atom is -0.465 e. The number of nitrogens with one attached hydrogen (secondary N) is 1. The Balaban J connectivity index is 2.10. The summed E-state index contributed by atoms with van der Waals surface area (Å²) in [5.74, 6) is -0.680. The Kier molecular flexibility index (Phi) is 4.33. The Hall–Kier alpha value is -3.06. The summed E-state index contributed by atoms with van der Waals surface area (Å²) >= 11 is 5.31. The Bertz CT molecular complexity index is 910. The van der Waals surface area contributed by atoms with E-state index in [4.69, 9.17) is 22.4 Å². The first-order chi connectivity index (χ1) is 12.0. The third-order valence-corrected chi connectivity index (χ3v) is 4.29. The van der Waals surface area contributed by atoms with E-state index in [9.17, 15) is 9.59 Å². The van der Waals surface area contributed by atoms with Crippen molar-refractivity contribution in [1.82, 2.24) is 0 Å². The van der Waals surface area contributed by atoms with E-state index in [1.165, 1.54) is 16.9 Å². The summed E-state index contributed by atoms with van der Waals surface area (Å²) < 4.78 is 4.78. The average molecular weight is 353 g/mol. The number of benzene rings is 2. The topological polar surface area (TPSA) is 73.7 Å². The number of urea groups is 1. The second-order valence-corrected chi connectivity index (χ2v) is 5.79. The Morgan fingerprint density at radius 3 is 2.28 bits per heavy atom. The van der Waals surface area contributed by atoms with Crippen LogP contribution in [0.2, 0.25) is 0 Å². The molecular weight excluding hydrogens is 338 g/mol. The quantitative estimate of drug-likeness (QED) is 0.677. The average Bonchev–Trinajstić information content (AvgIpc) is 2.84. The van der Waals surface area contributed by atoms with Crippen molar-refractivity contribution >= 4 is 46.4 Å². The maximum Gasteiger partial charge on any atom is 0.340 e. The molecule has 1 saturated heterocycles. The van der Waals surface area contributed by atoms with Crippen molar-refractivity contribution in [1.29, 1.82) is 5.41 Å². The molecular formula is C18H15N3O3S. The van der Waals surface area contributed by atoms with E-state index in [0.29, 0.717) is 11.4 Å². The molecule has 1 aliphatic rings. The Morgan fingerprint density at radius 2 is 1.64 bits per heavy atom. The predicted molar refractivity (Wildman–Crippen MR) is 99.6 cm³/mol. The summed E-state index contributed by atoms with van der Waals surface area (Å²) in [7, 11) is 1.27. The second-order valence-electron chi connectivity index (χ2n) is 5.40. The first kappa shape index (κ1) is 16.8. The zero-order chi connectivity index (χ0) is 18.1. The van der Waals surface area contributed by atoms with Crippen molar-refractivity contribution in [3.05, 3.63) is 59.7 Å². The summed E-state index contributed by atoms with van der Waals surface area (Å²) in [5.41, 5.74) is 1.93. The molecule has 7 heteroatoms. The van der Waals surface area contributed by atoms with Crippen LogP contribution in [-0.2, 0) is 4.74 Å². The molecule has 3 rings (SSSR count). The van der Waals surface area contributed by atoms with Gasteiger partial charge in [0.15, 0.2) is 10.8 Å². The minimum atomic E-state index is -0.577. The molecule has 2 aromatic carbocycles. The first-order valence-corrected chi connectivity index (χ1v) is 7.88. The van der Waals surface area contributed by atoms with Crippen LogP contribution in [0.1, 0.15) is 15.9 Å². The van der Waals surface area contributed by atoms with Gasteiger partial charge in [-0.15, -0.1) is 0 Å². The molecule has 126 valence electrons. The maximum absolute atomic E-state index is 13.0. The zero-order valence-electron chi connectivity index (χ0n) is 13.6. The van der Waals surface area contributed by atoms with Crippen molar-refractivity contribution in [2.24, 2.45) is 0 Å². The molecule has 6 nitrogen and oxygen atoms in total. The molecule has 0 aliphatic carbocycles. The van der Waals surface area contributed by atoms with Crippen molar-refractivity contribution in [3.63, 3.8) is 0 Å². The lowest BCUT2D eigenvalue weighted by molar-refractivity contribution is 0.0601. The fourth-order valence-corrected chi connectivity index (χ4v) is 2.95. The number of para-hydroxylation sites is 2. The van der Waals surface area contributed by atoms with E-state index >= 15 is 0 Å². The Morgan fingerprint density at radius 1 is 1.04 bits per heavy atom. The third-order valence-electron chi connectivity index (χ3n) is 3.92. The fourth-order valence-electron chi connectivity index (χ4n) is 2.69. The number of nitrogens with zero attached hydrogens (tertiary/aromatic N) is 2. The molecule has 1 fully saturated rings. The lowest BCUT2D eigenvalue weighted by Crippen LogP contribution is -2.34. The van der Waals surface area contributed by atoms with Gasteiger partial charge in [0.2, 0.25) is 0 Å².